The Labute approximate surface area is 483 Å². The highest BCUT2D eigenvalue weighted by Crippen LogP contribution is 2.64. The van der Waals surface area contributed by atoms with Crippen molar-refractivity contribution in [2.75, 3.05) is 4.90 Å². The van der Waals surface area contributed by atoms with Crippen LogP contribution in [0.1, 0.15) is 44.5 Å². The van der Waals surface area contributed by atoms with E-state index >= 15 is 0 Å². The third-order valence-electron chi connectivity index (χ3n) is 18.0. The summed E-state index contributed by atoms with van der Waals surface area (Å²) in [5, 5.41) is 0. The van der Waals surface area contributed by atoms with E-state index in [1.165, 1.54) is 55.6 Å². The second kappa shape index (κ2) is 18.4. The third kappa shape index (κ3) is 6.86. The molecule has 0 amide bonds. The lowest BCUT2D eigenvalue weighted by Crippen LogP contribution is -2.32. The first-order valence-electron chi connectivity index (χ1n) is 28.6. The van der Waals surface area contributed by atoms with Crippen molar-refractivity contribution in [1.29, 1.82) is 0 Å². The van der Waals surface area contributed by atoms with E-state index in [4.69, 9.17) is 9.47 Å². The van der Waals surface area contributed by atoms with E-state index in [-0.39, 0.29) is 0 Å². The average molecular weight is 1060 g/mol. The van der Waals surface area contributed by atoms with Crippen molar-refractivity contribution < 1.29 is 9.47 Å². The van der Waals surface area contributed by atoms with Crippen LogP contribution in [0.3, 0.4) is 0 Å². The van der Waals surface area contributed by atoms with Gasteiger partial charge in [0.05, 0.1) is 22.2 Å². The van der Waals surface area contributed by atoms with Gasteiger partial charge in [0.15, 0.2) is 0 Å². The summed E-state index contributed by atoms with van der Waals surface area (Å²) in [4.78, 5) is 2.49. The van der Waals surface area contributed by atoms with Gasteiger partial charge in [-0.2, -0.15) is 0 Å². The molecular weight excluding hydrogens is 1010 g/mol. The van der Waals surface area contributed by atoms with Gasteiger partial charge in [-0.15, -0.1) is 0 Å². The van der Waals surface area contributed by atoms with E-state index in [1.54, 1.807) is 0 Å². The lowest BCUT2D eigenvalue weighted by atomic mass is 9.66. The molecule has 83 heavy (non-hydrogen) atoms. The van der Waals surface area contributed by atoms with Gasteiger partial charge in [0, 0.05) is 39.1 Å². The summed E-state index contributed by atoms with van der Waals surface area (Å²) in [6, 6.07) is 113. The Morgan fingerprint density at radius 1 is 0.205 bits per heavy atom. The van der Waals surface area contributed by atoms with Crippen molar-refractivity contribution in [3.8, 4) is 89.8 Å². The number of para-hydroxylation sites is 6. The highest BCUT2D eigenvalue weighted by molar-refractivity contribution is 5.98. The van der Waals surface area contributed by atoms with E-state index in [0.717, 1.165) is 95.7 Å². The molecule has 0 fully saturated rings. The summed E-state index contributed by atoms with van der Waals surface area (Å²) in [5.41, 5.74) is 25.8. The van der Waals surface area contributed by atoms with Crippen molar-refractivity contribution in [2.45, 2.75) is 10.8 Å². The highest BCUT2D eigenvalue weighted by Gasteiger charge is 2.52. The van der Waals surface area contributed by atoms with Crippen LogP contribution >= 0.6 is 0 Å². The molecule has 2 heterocycles. The maximum atomic E-state index is 6.72. The minimum atomic E-state index is -0.585. The number of nitrogens with zero attached hydrogens (tertiary/aromatic N) is 1. The predicted molar refractivity (Wildman–Crippen MR) is 338 cm³/mol. The van der Waals surface area contributed by atoms with Crippen molar-refractivity contribution in [3.63, 3.8) is 0 Å². The maximum absolute atomic E-state index is 6.72. The van der Waals surface area contributed by atoms with Crippen LogP contribution in [-0.4, -0.2) is 0 Å². The summed E-state index contributed by atoms with van der Waals surface area (Å²) >= 11 is 0. The minimum absolute atomic E-state index is 0.561. The standard InChI is InChI=1S/C80H51NO2/c1-2-21-52(22-3-1)53-41-43-54(44-42-53)59-25-6-14-35-73(59)81(58-24-20-23-55(49-58)56-45-47-63-61-27-4-8-29-65(61)80(72(63)51-56)70-33-12-18-39-77(70)83-78-40-19-13-34-71(78)80)74-36-15-7-26-60(74)57-46-48-67-64(50-57)62-28-5-9-30-66(62)79(67)68-31-10-16-37-75(68)82-76-38-17-11-32-69(76)79/h1-51H. The molecule has 0 atom stereocenters. The fraction of sp³-hybridized carbons (Fsp3) is 0.0250. The summed E-state index contributed by atoms with van der Waals surface area (Å²) in [5.74, 6) is 3.54. The fourth-order valence-corrected chi connectivity index (χ4v) is 14.6. The van der Waals surface area contributed by atoms with Gasteiger partial charge < -0.3 is 14.4 Å². The molecule has 17 rings (SSSR count). The van der Waals surface area contributed by atoms with Crippen LogP contribution in [0.4, 0.5) is 17.1 Å². The average Bonchev–Trinajstić information content (AvgIpc) is 1.97. The molecule has 2 spiro atoms. The van der Waals surface area contributed by atoms with Gasteiger partial charge in [-0.1, -0.05) is 249 Å². The van der Waals surface area contributed by atoms with Gasteiger partial charge in [-0.3, -0.25) is 0 Å². The summed E-state index contributed by atoms with van der Waals surface area (Å²) in [7, 11) is 0. The Morgan fingerprint density at radius 2 is 0.578 bits per heavy atom. The van der Waals surface area contributed by atoms with Gasteiger partial charge in [0.1, 0.15) is 23.0 Å². The molecule has 0 radical (unpaired) electrons. The van der Waals surface area contributed by atoms with Gasteiger partial charge in [-0.25, -0.2) is 0 Å². The molecule has 2 aliphatic heterocycles. The van der Waals surface area contributed by atoms with Crippen molar-refractivity contribution >= 4 is 17.1 Å². The van der Waals surface area contributed by atoms with Gasteiger partial charge in [-0.05, 0) is 139 Å². The zero-order valence-corrected chi connectivity index (χ0v) is 45.2. The molecule has 0 N–H and O–H groups in total. The van der Waals surface area contributed by atoms with Crippen LogP contribution in [-0.2, 0) is 10.8 Å². The zero-order chi connectivity index (χ0) is 54.6. The Bertz CT molecular complexity index is 4670. The molecule has 4 aliphatic rings. The number of rotatable bonds is 7. The smallest absolute Gasteiger partial charge is 0.132 e. The quantitative estimate of drug-likeness (QED) is 0.159. The largest absolute Gasteiger partial charge is 0.457 e. The lowest BCUT2D eigenvalue weighted by Gasteiger charge is -2.39. The second-order valence-corrected chi connectivity index (χ2v) is 22.2. The lowest BCUT2D eigenvalue weighted by molar-refractivity contribution is 0.436. The summed E-state index contributed by atoms with van der Waals surface area (Å²) in [6.07, 6.45) is 0. The maximum Gasteiger partial charge on any atom is 0.132 e. The number of fused-ring (bicyclic) bond motifs is 18. The van der Waals surface area contributed by atoms with E-state index in [0.29, 0.717) is 0 Å². The van der Waals surface area contributed by atoms with E-state index in [2.05, 4.69) is 314 Å². The van der Waals surface area contributed by atoms with Crippen LogP contribution in [0.25, 0.3) is 66.8 Å². The molecule has 13 aromatic carbocycles. The molecule has 3 nitrogen and oxygen atoms in total. The molecule has 0 saturated heterocycles. The fourth-order valence-electron chi connectivity index (χ4n) is 14.6. The molecule has 3 heteroatoms. The van der Waals surface area contributed by atoms with Crippen LogP contribution in [0.5, 0.6) is 23.0 Å². The topological polar surface area (TPSA) is 21.7 Å². The number of hydrogen-bond donors (Lipinski definition) is 0. The Morgan fingerprint density at radius 3 is 1.16 bits per heavy atom. The monoisotopic (exact) mass is 1060 g/mol. The molecule has 2 aliphatic carbocycles. The molecule has 0 aromatic heterocycles. The molecular formula is C80H51NO2. The first kappa shape index (κ1) is 47.1. The number of anilines is 3. The third-order valence-corrected chi connectivity index (χ3v) is 18.0. The number of hydrogen-bond acceptors (Lipinski definition) is 3. The Balaban J connectivity index is 0.859. The molecule has 0 saturated carbocycles. The normalized spacial score (nSPS) is 13.7. The molecule has 388 valence electrons. The Hall–Kier alpha value is -10.7. The Kier molecular flexibility index (Phi) is 10.4. The van der Waals surface area contributed by atoms with Crippen LogP contribution in [0.2, 0.25) is 0 Å². The number of ether oxygens (including phenoxy) is 2. The highest BCUT2D eigenvalue weighted by atomic mass is 16.5. The zero-order valence-electron chi connectivity index (χ0n) is 45.2. The summed E-state index contributed by atoms with van der Waals surface area (Å²) in [6.45, 7) is 0. The first-order valence-corrected chi connectivity index (χ1v) is 28.6. The van der Waals surface area contributed by atoms with E-state index < -0.39 is 10.8 Å². The minimum Gasteiger partial charge on any atom is -0.457 e. The predicted octanol–water partition coefficient (Wildman–Crippen LogP) is 20.8. The molecule has 13 aromatic rings. The van der Waals surface area contributed by atoms with Crippen molar-refractivity contribution in [2.24, 2.45) is 0 Å². The summed E-state index contributed by atoms with van der Waals surface area (Å²) < 4.78 is 13.4. The van der Waals surface area contributed by atoms with Crippen LogP contribution in [0, 0.1) is 0 Å². The van der Waals surface area contributed by atoms with Gasteiger partial charge in [0.2, 0.25) is 0 Å². The van der Waals surface area contributed by atoms with Crippen molar-refractivity contribution in [1.82, 2.24) is 0 Å². The first-order chi connectivity index (χ1) is 41.2. The molecule has 0 bridgehead atoms. The van der Waals surface area contributed by atoms with E-state index in [1.807, 2.05) is 0 Å². The van der Waals surface area contributed by atoms with E-state index in [9.17, 15) is 0 Å². The second-order valence-electron chi connectivity index (χ2n) is 22.2. The van der Waals surface area contributed by atoms with Gasteiger partial charge in [0.25, 0.3) is 0 Å². The molecule has 0 unspecified atom stereocenters. The van der Waals surface area contributed by atoms with Crippen LogP contribution in [0.15, 0.2) is 309 Å². The SMILES string of the molecule is c1ccc(-c2ccc(-c3ccccc3N(c3cccc(-c4ccc5c(c4)C4(c6ccccc6Oc6ccccc64)c4ccccc4-5)c3)c3ccccc3-c3ccc4c(c3)-c3ccccc3C43c4ccccc4Oc4ccccc43)cc2)cc1. The van der Waals surface area contributed by atoms with Gasteiger partial charge >= 0.3 is 0 Å². The van der Waals surface area contributed by atoms with Crippen molar-refractivity contribution in [3.05, 3.63) is 354 Å². The van der Waals surface area contributed by atoms with Crippen LogP contribution < -0.4 is 14.4 Å². The number of benzene rings is 13.